The van der Waals surface area contributed by atoms with Crippen LogP contribution in [-0.2, 0) is 10.0 Å². The second-order valence-corrected chi connectivity index (χ2v) is 8.03. The fraction of sp³-hybridized carbons (Fsp3) is 0.0714. The highest BCUT2D eigenvalue weighted by Crippen LogP contribution is 2.37. The number of halogens is 3. The maximum absolute atomic E-state index is 12.6. The summed E-state index contributed by atoms with van der Waals surface area (Å²) in [7, 11) is -2.99. The molecule has 134 valence electrons. The molecule has 0 saturated carbocycles. The van der Waals surface area contributed by atoms with E-state index in [1.54, 1.807) is 0 Å². The molecule has 7 nitrogen and oxygen atoms in total. The Morgan fingerprint density at radius 3 is 2.44 bits per heavy atom. The second kappa shape index (κ2) is 7.28. The Hall–Kier alpha value is -1.68. The van der Waals surface area contributed by atoms with Crippen LogP contribution in [0.5, 0.6) is 11.5 Å². The molecule has 2 aromatic rings. The first-order valence-corrected chi connectivity index (χ1v) is 9.41. The number of ether oxygens (including phenoxy) is 1. The maximum atomic E-state index is 12.6. The number of methoxy groups -OCH3 is 1. The van der Waals surface area contributed by atoms with Gasteiger partial charge in [-0.05, 0) is 34.1 Å². The summed E-state index contributed by atoms with van der Waals surface area (Å²) in [4.78, 5) is 10.8. The van der Waals surface area contributed by atoms with E-state index in [-0.39, 0.29) is 20.7 Å². The number of nitrogens with one attached hydrogen (secondary N) is 1. The average Bonchev–Trinajstić information content (AvgIpc) is 2.52. The van der Waals surface area contributed by atoms with Crippen LogP contribution in [-0.4, -0.2) is 31.7 Å². The Balaban J connectivity index is 2.58. The van der Waals surface area contributed by atoms with E-state index in [1.807, 2.05) is 0 Å². The first kappa shape index (κ1) is 19.6. The van der Waals surface area contributed by atoms with Gasteiger partial charge in [-0.25, -0.2) is 13.2 Å². The summed E-state index contributed by atoms with van der Waals surface area (Å²) >= 11 is 14.8. The van der Waals surface area contributed by atoms with Crippen LogP contribution in [0.25, 0.3) is 0 Å². The number of hydrogen-bond donors (Lipinski definition) is 3. The normalized spacial score (nSPS) is 11.2. The fourth-order valence-electron chi connectivity index (χ4n) is 1.92. The Morgan fingerprint density at radius 2 is 1.88 bits per heavy atom. The molecule has 0 bridgehead atoms. The van der Waals surface area contributed by atoms with Gasteiger partial charge in [0.2, 0.25) is 0 Å². The molecule has 0 aliphatic carbocycles. The van der Waals surface area contributed by atoms with E-state index in [9.17, 15) is 18.3 Å². The molecule has 0 atom stereocenters. The number of anilines is 1. The van der Waals surface area contributed by atoms with Crippen molar-refractivity contribution in [3.63, 3.8) is 0 Å². The van der Waals surface area contributed by atoms with Crippen LogP contribution in [0.15, 0.2) is 33.6 Å². The third kappa shape index (κ3) is 4.12. The van der Waals surface area contributed by atoms with Crippen LogP contribution < -0.4 is 9.46 Å². The average molecular weight is 471 g/mol. The molecule has 2 aromatic carbocycles. The van der Waals surface area contributed by atoms with Gasteiger partial charge in [0.1, 0.15) is 16.2 Å². The van der Waals surface area contributed by atoms with Crippen molar-refractivity contribution in [3.8, 4) is 11.5 Å². The standard InChI is InChI=1S/C14H10BrCl2NO6S/c1-24-11-5-9(17)8(15)4-12(11)25(22,23)18-10-3-6(16)2-7(13(10)19)14(20)21/h2-5,18-19H,1H3,(H,20,21). The highest BCUT2D eigenvalue weighted by Gasteiger charge is 2.24. The van der Waals surface area contributed by atoms with Gasteiger partial charge in [0.15, 0.2) is 5.75 Å². The van der Waals surface area contributed by atoms with Crippen molar-refractivity contribution in [2.75, 3.05) is 11.8 Å². The molecule has 0 heterocycles. The molecule has 2 rings (SSSR count). The number of carbonyl (C=O) groups is 1. The number of benzene rings is 2. The first-order valence-electron chi connectivity index (χ1n) is 6.38. The van der Waals surface area contributed by atoms with Gasteiger partial charge >= 0.3 is 5.97 Å². The molecule has 25 heavy (non-hydrogen) atoms. The Labute approximate surface area is 161 Å². The zero-order valence-corrected chi connectivity index (χ0v) is 16.3. The monoisotopic (exact) mass is 469 g/mol. The van der Waals surface area contributed by atoms with Gasteiger partial charge in [0, 0.05) is 15.6 Å². The van der Waals surface area contributed by atoms with E-state index in [0.29, 0.717) is 4.47 Å². The van der Waals surface area contributed by atoms with E-state index in [1.165, 1.54) is 19.2 Å². The van der Waals surface area contributed by atoms with Crippen molar-refractivity contribution < 1.29 is 28.2 Å². The zero-order valence-electron chi connectivity index (χ0n) is 12.4. The minimum absolute atomic E-state index is 0.0410. The summed E-state index contributed by atoms with van der Waals surface area (Å²) in [6, 6.07) is 4.58. The van der Waals surface area contributed by atoms with Crippen LogP contribution in [0.1, 0.15) is 10.4 Å². The molecular formula is C14H10BrCl2NO6S. The Morgan fingerprint density at radius 1 is 1.24 bits per heavy atom. The van der Waals surface area contributed by atoms with Gasteiger partial charge in [0.05, 0.1) is 17.8 Å². The number of carboxylic acid groups (broad SMARTS) is 1. The third-order valence-corrected chi connectivity index (χ3v) is 5.85. The van der Waals surface area contributed by atoms with Crippen molar-refractivity contribution in [2.24, 2.45) is 0 Å². The molecule has 0 amide bonds. The summed E-state index contributed by atoms with van der Waals surface area (Å²) in [5.41, 5.74) is -0.938. The van der Waals surface area contributed by atoms with Crippen molar-refractivity contribution in [1.82, 2.24) is 0 Å². The SMILES string of the molecule is COc1cc(Cl)c(Br)cc1S(=O)(=O)Nc1cc(Cl)cc(C(=O)O)c1O. The summed E-state index contributed by atoms with van der Waals surface area (Å²) in [5, 5.41) is 19.2. The lowest BCUT2D eigenvalue weighted by Gasteiger charge is -2.14. The number of sulfonamides is 1. The van der Waals surface area contributed by atoms with Gasteiger partial charge in [-0.1, -0.05) is 23.2 Å². The molecule has 11 heteroatoms. The highest BCUT2D eigenvalue weighted by molar-refractivity contribution is 9.10. The molecule has 0 unspecified atom stereocenters. The maximum Gasteiger partial charge on any atom is 0.339 e. The Kier molecular flexibility index (Phi) is 5.72. The highest BCUT2D eigenvalue weighted by atomic mass is 79.9. The molecule has 0 aromatic heterocycles. The van der Waals surface area contributed by atoms with Crippen molar-refractivity contribution >= 4 is 60.8 Å². The molecule has 0 radical (unpaired) electrons. The molecular weight excluding hydrogens is 461 g/mol. The van der Waals surface area contributed by atoms with E-state index < -0.39 is 33.0 Å². The third-order valence-electron chi connectivity index (χ3n) is 3.05. The van der Waals surface area contributed by atoms with E-state index >= 15 is 0 Å². The van der Waals surface area contributed by atoms with Crippen LogP contribution in [0, 0.1) is 0 Å². The number of hydrogen-bond acceptors (Lipinski definition) is 5. The van der Waals surface area contributed by atoms with Crippen molar-refractivity contribution in [1.29, 1.82) is 0 Å². The largest absolute Gasteiger partial charge is 0.505 e. The number of aromatic carboxylic acids is 1. The van der Waals surface area contributed by atoms with E-state index in [0.717, 1.165) is 12.1 Å². The smallest absolute Gasteiger partial charge is 0.339 e. The van der Waals surface area contributed by atoms with Crippen molar-refractivity contribution in [2.45, 2.75) is 4.90 Å². The zero-order chi connectivity index (χ0) is 18.9. The minimum atomic E-state index is -4.25. The summed E-state index contributed by atoms with van der Waals surface area (Å²) in [6.45, 7) is 0. The molecule has 3 N–H and O–H groups in total. The molecule has 0 spiro atoms. The predicted molar refractivity (Wildman–Crippen MR) is 96.6 cm³/mol. The quantitative estimate of drug-likeness (QED) is 0.570. The molecule has 0 aliphatic heterocycles. The fourth-order valence-corrected chi connectivity index (χ4v) is 4.02. The van der Waals surface area contributed by atoms with Crippen LogP contribution in [0.4, 0.5) is 5.69 Å². The van der Waals surface area contributed by atoms with Gasteiger partial charge in [-0.3, -0.25) is 4.72 Å². The van der Waals surface area contributed by atoms with Crippen LogP contribution in [0.2, 0.25) is 10.0 Å². The van der Waals surface area contributed by atoms with Crippen LogP contribution >= 0.6 is 39.1 Å². The lowest BCUT2D eigenvalue weighted by Crippen LogP contribution is -2.15. The number of rotatable bonds is 5. The first-order chi connectivity index (χ1) is 11.6. The van der Waals surface area contributed by atoms with Gasteiger partial charge in [-0.15, -0.1) is 0 Å². The van der Waals surface area contributed by atoms with Gasteiger partial charge in [0.25, 0.3) is 10.0 Å². The second-order valence-electron chi connectivity index (χ2n) is 4.68. The summed E-state index contributed by atoms with van der Waals surface area (Å²) in [6.07, 6.45) is 0. The van der Waals surface area contributed by atoms with Crippen molar-refractivity contribution in [3.05, 3.63) is 44.3 Å². The summed E-state index contributed by atoms with van der Waals surface area (Å²) in [5.74, 6) is -2.28. The minimum Gasteiger partial charge on any atom is -0.505 e. The van der Waals surface area contributed by atoms with Gasteiger partial charge in [-0.2, -0.15) is 0 Å². The van der Waals surface area contributed by atoms with E-state index in [2.05, 4.69) is 20.7 Å². The molecule has 0 aliphatic rings. The molecule has 0 fully saturated rings. The number of carboxylic acids is 1. The summed E-state index contributed by atoms with van der Waals surface area (Å²) < 4.78 is 32.7. The number of phenols is 1. The molecule has 0 saturated heterocycles. The lowest BCUT2D eigenvalue weighted by molar-refractivity contribution is 0.0694. The predicted octanol–water partition coefficient (Wildman–Crippen LogP) is 3.97. The van der Waals surface area contributed by atoms with E-state index in [4.69, 9.17) is 33.0 Å². The lowest BCUT2D eigenvalue weighted by atomic mass is 10.2. The Bertz CT molecular complexity index is 964. The topological polar surface area (TPSA) is 113 Å². The van der Waals surface area contributed by atoms with Crippen LogP contribution in [0.3, 0.4) is 0 Å². The van der Waals surface area contributed by atoms with Gasteiger partial charge < -0.3 is 14.9 Å². The number of aromatic hydroxyl groups is 1.